The molecule has 27 heavy (non-hydrogen) atoms. The first kappa shape index (κ1) is 18.6. The average molecular weight is 385 g/mol. The van der Waals surface area contributed by atoms with E-state index in [1.807, 2.05) is 18.2 Å². The Hall–Kier alpha value is -3.20. The maximum absolute atomic E-state index is 12.7. The Balaban J connectivity index is 2.28. The van der Waals surface area contributed by atoms with E-state index in [4.69, 9.17) is 11.5 Å². The van der Waals surface area contributed by atoms with Crippen LogP contribution in [0.4, 0.5) is 5.95 Å². The first-order chi connectivity index (χ1) is 12.7. The van der Waals surface area contributed by atoms with Crippen LogP contribution in [0.15, 0.2) is 48.5 Å². The van der Waals surface area contributed by atoms with Crippen LogP contribution in [0.3, 0.4) is 0 Å². The lowest BCUT2D eigenvalue weighted by atomic mass is 10.0. The lowest BCUT2D eigenvalue weighted by Crippen LogP contribution is -2.24. The van der Waals surface area contributed by atoms with Gasteiger partial charge in [0.2, 0.25) is 21.9 Å². The topological polar surface area (TPSA) is 134 Å². The molecule has 3 aromatic rings. The van der Waals surface area contributed by atoms with Crippen molar-refractivity contribution in [1.29, 1.82) is 0 Å². The van der Waals surface area contributed by atoms with E-state index in [1.54, 1.807) is 38.1 Å². The van der Waals surface area contributed by atoms with Crippen molar-refractivity contribution in [2.45, 2.75) is 19.1 Å². The minimum Gasteiger partial charge on any atom is -0.368 e. The number of fused-ring (bicyclic) bond motifs is 1. The molecule has 1 aromatic carbocycles. The minimum atomic E-state index is -3.77. The molecule has 0 unspecified atom stereocenters. The Bertz CT molecular complexity index is 1150. The summed E-state index contributed by atoms with van der Waals surface area (Å²) in [5, 5.41) is -0.711. The summed E-state index contributed by atoms with van der Waals surface area (Å²) < 4.78 is 26.3. The molecule has 0 fully saturated rings. The number of nitrogens with two attached hydrogens (primary N) is 2. The normalized spacial score (nSPS) is 12.6. The van der Waals surface area contributed by atoms with Gasteiger partial charge in [-0.25, -0.2) is 18.4 Å². The number of carbonyl (C=O) groups is 1. The van der Waals surface area contributed by atoms with Gasteiger partial charge < -0.3 is 11.5 Å². The quantitative estimate of drug-likeness (QED) is 0.640. The molecule has 0 aliphatic heterocycles. The molecule has 0 saturated heterocycles. The molecule has 0 saturated carbocycles. The molecule has 0 aliphatic rings. The van der Waals surface area contributed by atoms with E-state index in [2.05, 4.69) is 9.97 Å². The van der Waals surface area contributed by atoms with Crippen LogP contribution in [-0.4, -0.2) is 33.5 Å². The number of rotatable bonds is 5. The van der Waals surface area contributed by atoms with Crippen LogP contribution in [0.5, 0.6) is 0 Å². The van der Waals surface area contributed by atoms with Crippen molar-refractivity contribution in [3.63, 3.8) is 0 Å². The highest BCUT2D eigenvalue weighted by atomic mass is 32.2. The fourth-order valence-electron chi connectivity index (χ4n) is 2.63. The Morgan fingerprint density at radius 2 is 1.78 bits per heavy atom. The predicted molar refractivity (Wildman–Crippen MR) is 104 cm³/mol. The van der Waals surface area contributed by atoms with Crippen molar-refractivity contribution < 1.29 is 13.2 Å². The Morgan fingerprint density at radius 3 is 2.37 bits per heavy atom. The second kappa shape index (κ2) is 6.84. The third-order valence-corrected chi connectivity index (χ3v) is 6.05. The molecule has 0 atom stereocenters. The fourth-order valence-corrected chi connectivity index (χ4v) is 3.73. The third kappa shape index (κ3) is 3.41. The number of amides is 1. The van der Waals surface area contributed by atoms with Gasteiger partial charge in [0.15, 0.2) is 5.65 Å². The molecule has 8 nitrogen and oxygen atoms in total. The van der Waals surface area contributed by atoms with Crippen LogP contribution in [0.25, 0.3) is 16.7 Å². The van der Waals surface area contributed by atoms with Crippen molar-refractivity contribution in [2.75, 3.05) is 5.73 Å². The molecule has 2 heterocycles. The van der Waals surface area contributed by atoms with E-state index >= 15 is 0 Å². The first-order valence-corrected chi connectivity index (χ1v) is 9.68. The summed E-state index contributed by atoms with van der Waals surface area (Å²) >= 11 is 0. The molecule has 0 radical (unpaired) electrons. The summed E-state index contributed by atoms with van der Waals surface area (Å²) in [5.74, 6) is -0.804. The number of imidazole rings is 1. The summed E-state index contributed by atoms with van der Waals surface area (Å²) in [6.07, 6.45) is 1.25. The van der Waals surface area contributed by atoms with Gasteiger partial charge in [-0.3, -0.25) is 4.79 Å². The largest absolute Gasteiger partial charge is 0.368 e. The van der Waals surface area contributed by atoms with Gasteiger partial charge in [-0.05, 0) is 31.5 Å². The highest BCUT2D eigenvalue weighted by Crippen LogP contribution is 2.26. The van der Waals surface area contributed by atoms with E-state index in [1.165, 1.54) is 6.08 Å². The summed E-state index contributed by atoms with van der Waals surface area (Å²) in [4.78, 5) is 20.0. The van der Waals surface area contributed by atoms with Crippen LogP contribution >= 0.6 is 0 Å². The molecule has 3 rings (SSSR count). The van der Waals surface area contributed by atoms with Crippen molar-refractivity contribution in [2.24, 2.45) is 5.73 Å². The van der Waals surface area contributed by atoms with Crippen molar-refractivity contribution in [3.8, 4) is 0 Å². The van der Waals surface area contributed by atoms with Gasteiger partial charge in [0, 0.05) is 11.6 Å². The molecule has 2 aromatic heterocycles. The van der Waals surface area contributed by atoms with Gasteiger partial charge in [0.1, 0.15) is 5.52 Å². The number of aromatic nitrogens is 3. The number of carbonyl (C=O) groups excluding carboxylic acids is 1. The summed E-state index contributed by atoms with van der Waals surface area (Å²) in [5.41, 5.74) is 13.2. The zero-order chi connectivity index (χ0) is 19.8. The first-order valence-electron chi connectivity index (χ1n) is 8.18. The number of anilines is 1. The standard InChI is InChI=1S/C18H19N5O3S/c1-11(2)27(25,26)23-17-15(22-18(23)20)9-8-14(21-17)13(10-16(19)24)12-6-4-3-5-7-12/h3-11H,1-2H3,(H2,19,24)(H2,20,22). The van der Waals surface area contributed by atoms with E-state index in [0.29, 0.717) is 22.3 Å². The average Bonchev–Trinajstić information content (AvgIpc) is 2.95. The summed E-state index contributed by atoms with van der Waals surface area (Å²) in [6.45, 7) is 3.10. The smallest absolute Gasteiger partial charge is 0.245 e. The monoisotopic (exact) mass is 385 g/mol. The number of hydrogen-bond acceptors (Lipinski definition) is 6. The lowest BCUT2D eigenvalue weighted by molar-refractivity contribution is -0.113. The fraction of sp³-hybridized carbons (Fsp3) is 0.167. The second-order valence-corrected chi connectivity index (χ2v) is 8.53. The molecule has 9 heteroatoms. The number of hydrogen-bond donors (Lipinski definition) is 2. The summed E-state index contributed by atoms with van der Waals surface area (Å²) in [6, 6.07) is 12.3. The SMILES string of the molecule is CC(C)S(=O)(=O)n1c(N)nc2ccc(C(=CC(N)=O)c3ccccc3)nc21. The highest BCUT2D eigenvalue weighted by molar-refractivity contribution is 7.90. The highest BCUT2D eigenvalue weighted by Gasteiger charge is 2.25. The van der Waals surface area contributed by atoms with Gasteiger partial charge in [-0.2, -0.15) is 3.97 Å². The van der Waals surface area contributed by atoms with E-state index in [0.717, 1.165) is 3.97 Å². The number of benzene rings is 1. The Kier molecular flexibility index (Phi) is 4.71. The van der Waals surface area contributed by atoms with Crippen molar-refractivity contribution in [1.82, 2.24) is 13.9 Å². The van der Waals surface area contributed by atoms with Crippen LogP contribution in [0, 0.1) is 0 Å². The molecule has 1 amide bonds. The molecular weight excluding hydrogens is 366 g/mol. The maximum atomic E-state index is 12.7. The van der Waals surface area contributed by atoms with Crippen LogP contribution in [0.2, 0.25) is 0 Å². The van der Waals surface area contributed by atoms with Gasteiger partial charge in [0.25, 0.3) is 0 Å². The van der Waals surface area contributed by atoms with Gasteiger partial charge in [0.05, 0.1) is 10.9 Å². The third-order valence-electron chi connectivity index (χ3n) is 3.99. The number of primary amides is 1. The number of nitrogens with zero attached hydrogens (tertiary/aromatic N) is 3. The maximum Gasteiger partial charge on any atom is 0.245 e. The van der Waals surface area contributed by atoms with E-state index in [-0.39, 0.29) is 11.6 Å². The Morgan fingerprint density at radius 1 is 1.11 bits per heavy atom. The van der Waals surface area contributed by atoms with Gasteiger partial charge >= 0.3 is 0 Å². The minimum absolute atomic E-state index is 0.102. The number of pyridine rings is 1. The predicted octanol–water partition coefficient (Wildman–Crippen LogP) is 1.52. The molecular formula is C18H19N5O3S. The molecule has 0 bridgehead atoms. The Labute approximate surface area is 156 Å². The van der Waals surface area contributed by atoms with Crippen LogP contribution in [0.1, 0.15) is 25.1 Å². The molecule has 0 spiro atoms. The molecule has 0 aliphatic carbocycles. The van der Waals surface area contributed by atoms with Crippen LogP contribution in [-0.2, 0) is 14.8 Å². The van der Waals surface area contributed by atoms with Gasteiger partial charge in [-0.1, -0.05) is 30.3 Å². The van der Waals surface area contributed by atoms with Gasteiger partial charge in [-0.15, -0.1) is 0 Å². The zero-order valence-corrected chi connectivity index (χ0v) is 15.6. The van der Waals surface area contributed by atoms with E-state index < -0.39 is 21.2 Å². The molecule has 4 N–H and O–H groups in total. The number of nitrogen functional groups attached to an aromatic ring is 1. The van der Waals surface area contributed by atoms with Crippen molar-refractivity contribution >= 4 is 38.6 Å². The summed E-state index contributed by atoms with van der Waals surface area (Å²) in [7, 11) is -3.77. The van der Waals surface area contributed by atoms with Crippen LogP contribution < -0.4 is 11.5 Å². The molecule has 140 valence electrons. The second-order valence-electron chi connectivity index (χ2n) is 6.19. The lowest BCUT2D eigenvalue weighted by Gasteiger charge is -2.11. The van der Waals surface area contributed by atoms with Crippen molar-refractivity contribution in [3.05, 3.63) is 59.8 Å². The zero-order valence-electron chi connectivity index (χ0n) is 14.8. The van der Waals surface area contributed by atoms with E-state index in [9.17, 15) is 13.2 Å².